The molecule has 0 aromatic carbocycles. The van der Waals surface area contributed by atoms with Gasteiger partial charge < -0.3 is 9.64 Å². The fraction of sp³-hybridized carbons (Fsp3) is 0.800. The van der Waals surface area contributed by atoms with Gasteiger partial charge in [-0.2, -0.15) is 0 Å². The smallest absolute Gasteiger partial charge is 0.222 e. The van der Waals surface area contributed by atoms with Crippen LogP contribution in [0.25, 0.3) is 0 Å². The molecule has 1 saturated carbocycles. The van der Waals surface area contributed by atoms with Gasteiger partial charge in [0.1, 0.15) is 0 Å². The number of piperidine rings is 1. The first kappa shape index (κ1) is 24.0. The molecule has 1 atom stereocenters. The van der Waals surface area contributed by atoms with E-state index in [4.69, 9.17) is 9.72 Å². The molecule has 6 nitrogen and oxygen atoms in total. The fourth-order valence-electron chi connectivity index (χ4n) is 5.40. The van der Waals surface area contributed by atoms with Crippen molar-refractivity contribution in [2.45, 2.75) is 75.8 Å². The molecule has 32 heavy (non-hydrogen) atoms. The van der Waals surface area contributed by atoms with E-state index in [0.29, 0.717) is 11.8 Å². The highest BCUT2D eigenvalue weighted by atomic mass is 32.2. The molecule has 0 bridgehead atoms. The summed E-state index contributed by atoms with van der Waals surface area (Å²) in [6.07, 6.45) is 12.7. The number of aryl methyl sites for hydroxylation is 1. The molecule has 3 aliphatic rings. The number of rotatable bonds is 8. The predicted molar refractivity (Wildman–Crippen MR) is 129 cm³/mol. The lowest BCUT2D eigenvalue weighted by atomic mass is 9.86. The van der Waals surface area contributed by atoms with Crippen LogP contribution in [0.1, 0.15) is 75.0 Å². The Kier molecular flexibility index (Phi) is 9.23. The molecule has 4 rings (SSSR count). The van der Waals surface area contributed by atoms with E-state index in [1.54, 1.807) is 11.8 Å². The molecule has 0 N–H and O–H groups in total. The third-order valence-corrected chi connectivity index (χ3v) is 8.22. The zero-order valence-electron chi connectivity index (χ0n) is 19.8. The molecule has 1 aliphatic carbocycles. The van der Waals surface area contributed by atoms with Crippen LogP contribution in [-0.2, 0) is 9.53 Å². The van der Waals surface area contributed by atoms with Crippen molar-refractivity contribution in [2.75, 3.05) is 51.7 Å². The lowest BCUT2D eigenvalue weighted by Crippen LogP contribution is -2.39. The minimum absolute atomic E-state index is 0.337. The Morgan fingerprint density at radius 1 is 1.12 bits per heavy atom. The van der Waals surface area contributed by atoms with Crippen molar-refractivity contribution in [2.24, 2.45) is 5.92 Å². The zero-order valence-corrected chi connectivity index (χ0v) is 20.6. The number of aromatic nitrogens is 2. The van der Waals surface area contributed by atoms with Crippen LogP contribution in [0.2, 0.25) is 0 Å². The van der Waals surface area contributed by atoms with Crippen LogP contribution < -0.4 is 0 Å². The van der Waals surface area contributed by atoms with Crippen molar-refractivity contribution in [1.82, 2.24) is 19.8 Å². The maximum atomic E-state index is 12.9. The average Bonchev–Trinajstić information content (AvgIpc) is 2.85. The summed E-state index contributed by atoms with van der Waals surface area (Å²) >= 11 is 1.75. The highest BCUT2D eigenvalue weighted by Gasteiger charge is 2.27. The molecular formula is C25H40N4O2S. The van der Waals surface area contributed by atoms with Crippen molar-refractivity contribution in [3.8, 4) is 0 Å². The van der Waals surface area contributed by atoms with E-state index in [1.165, 1.54) is 32.1 Å². The van der Waals surface area contributed by atoms with Crippen LogP contribution in [0, 0.1) is 12.8 Å². The second-order valence-corrected chi connectivity index (χ2v) is 10.8. The number of carbonyl (C=O) groups excluding carboxylic acids is 1. The fourth-order valence-corrected chi connectivity index (χ4v) is 6.22. The third-order valence-electron chi connectivity index (χ3n) is 7.38. The highest BCUT2D eigenvalue weighted by molar-refractivity contribution is 7.99. The zero-order chi connectivity index (χ0) is 22.2. The number of nitrogens with zero attached hydrogens (tertiary/aromatic N) is 4. The van der Waals surface area contributed by atoms with E-state index < -0.39 is 0 Å². The van der Waals surface area contributed by atoms with E-state index >= 15 is 0 Å². The van der Waals surface area contributed by atoms with E-state index in [9.17, 15) is 4.79 Å². The van der Waals surface area contributed by atoms with Gasteiger partial charge in [0.05, 0.1) is 18.9 Å². The van der Waals surface area contributed by atoms with Crippen LogP contribution in [0.5, 0.6) is 0 Å². The Labute approximate surface area is 197 Å². The van der Waals surface area contributed by atoms with Crippen LogP contribution >= 0.6 is 11.8 Å². The van der Waals surface area contributed by atoms with Crippen LogP contribution in [0.15, 0.2) is 11.4 Å². The first-order valence-corrected chi connectivity index (χ1v) is 13.7. The molecule has 1 aromatic rings. The summed E-state index contributed by atoms with van der Waals surface area (Å²) in [6, 6.07) is 0. The number of likely N-dealkylation sites (tertiary alicyclic amines) is 1. The molecule has 1 aromatic heterocycles. The average molecular weight is 461 g/mol. The Morgan fingerprint density at radius 3 is 2.75 bits per heavy atom. The molecule has 178 valence electrons. The van der Waals surface area contributed by atoms with E-state index in [2.05, 4.69) is 21.7 Å². The van der Waals surface area contributed by atoms with Gasteiger partial charge >= 0.3 is 0 Å². The standard InChI is InChI=1S/C25H40N4O2S/c1-20-18-26-25(32-17-14-28-12-15-31-16-13-28)27-24(20)22-8-5-11-29(19-22)23(30)10-9-21-6-3-2-4-7-21/h18,21-22H,2-17,19H2,1H3/t22-/m0/s1. The Hall–Kier alpha value is -1.18. The SMILES string of the molecule is Cc1cnc(SCCN2CCOCC2)nc1[C@H]1CCCN(C(=O)CCC2CCCCC2)C1. The quantitative estimate of drug-likeness (QED) is 0.426. The van der Waals surface area contributed by atoms with Gasteiger partial charge in [-0.05, 0) is 37.7 Å². The molecule has 2 saturated heterocycles. The van der Waals surface area contributed by atoms with Crippen molar-refractivity contribution in [3.05, 3.63) is 17.5 Å². The van der Waals surface area contributed by atoms with Gasteiger partial charge in [-0.1, -0.05) is 43.9 Å². The number of hydrogen-bond acceptors (Lipinski definition) is 6. The first-order valence-electron chi connectivity index (χ1n) is 12.7. The first-order chi connectivity index (χ1) is 15.7. The Morgan fingerprint density at radius 2 is 1.94 bits per heavy atom. The summed E-state index contributed by atoms with van der Waals surface area (Å²) in [5.74, 6) is 2.46. The number of morpholine rings is 1. The van der Waals surface area contributed by atoms with Crippen molar-refractivity contribution >= 4 is 17.7 Å². The minimum atomic E-state index is 0.337. The number of amides is 1. The largest absolute Gasteiger partial charge is 0.379 e. The number of hydrogen-bond donors (Lipinski definition) is 0. The summed E-state index contributed by atoms with van der Waals surface area (Å²) < 4.78 is 5.43. The Balaban J connectivity index is 1.28. The van der Waals surface area contributed by atoms with E-state index in [-0.39, 0.29) is 0 Å². The maximum Gasteiger partial charge on any atom is 0.222 e. The normalized spacial score (nSPS) is 23.4. The molecule has 2 aliphatic heterocycles. The molecule has 3 heterocycles. The summed E-state index contributed by atoms with van der Waals surface area (Å²) in [5.41, 5.74) is 2.31. The predicted octanol–water partition coefficient (Wildman–Crippen LogP) is 4.28. The minimum Gasteiger partial charge on any atom is -0.379 e. The monoisotopic (exact) mass is 460 g/mol. The molecule has 3 fully saturated rings. The highest BCUT2D eigenvalue weighted by Crippen LogP contribution is 2.31. The van der Waals surface area contributed by atoms with Crippen LogP contribution in [0.4, 0.5) is 0 Å². The van der Waals surface area contributed by atoms with Crippen molar-refractivity contribution in [1.29, 1.82) is 0 Å². The summed E-state index contributed by atoms with van der Waals surface area (Å²) in [7, 11) is 0. The molecule has 0 unspecified atom stereocenters. The molecule has 0 spiro atoms. The molecular weight excluding hydrogens is 420 g/mol. The van der Waals surface area contributed by atoms with Gasteiger partial charge in [0.2, 0.25) is 5.91 Å². The van der Waals surface area contributed by atoms with Crippen molar-refractivity contribution < 1.29 is 9.53 Å². The van der Waals surface area contributed by atoms with Gasteiger partial charge in [-0.25, -0.2) is 9.97 Å². The topological polar surface area (TPSA) is 58.6 Å². The van der Waals surface area contributed by atoms with Gasteiger partial charge in [0.25, 0.3) is 0 Å². The summed E-state index contributed by atoms with van der Waals surface area (Å²) in [6.45, 7) is 8.61. The third kappa shape index (κ3) is 6.91. The summed E-state index contributed by atoms with van der Waals surface area (Å²) in [5, 5.41) is 0.875. The lowest BCUT2D eigenvalue weighted by Gasteiger charge is -2.33. The summed E-state index contributed by atoms with van der Waals surface area (Å²) in [4.78, 5) is 27.0. The number of carbonyl (C=O) groups is 1. The Bertz CT molecular complexity index is 735. The van der Waals surface area contributed by atoms with Crippen LogP contribution in [0.3, 0.4) is 0 Å². The van der Waals surface area contributed by atoms with Gasteiger partial charge in [-0.15, -0.1) is 0 Å². The second kappa shape index (κ2) is 12.3. The van der Waals surface area contributed by atoms with E-state index in [1.807, 2.05) is 6.20 Å². The van der Waals surface area contributed by atoms with E-state index in [0.717, 1.165) is 99.7 Å². The molecule has 1 amide bonds. The van der Waals surface area contributed by atoms with Crippen LogP contribution in [-0.4, -0.2) is 77.4 Å². The van der Waals surface area contributed by atoms with Gasteiger partial charge in [-0.3, -0.25) is 9.69 Å². The van der Waals surface area contributed by atoms with Crippen molar-refractivity contribution in [3.63, 3.8) is 0 Å². The second-order valence-electron chi connectivity index (χ2n) is 9.74. The number of ether oxygens (including phenoxy) is 1. The molecule has 7 heteroatoms. The van der Waals surface area contributed by atoms with Gasteiger partial charge in [0.15, 0.2) is 5.16 Å². The lowest BCUT2D eigenvalue weighted by molar-refractivity contribution is -0.132. The van der Waals surface area contributed by atoms with Gasteiger partial charge in [0, 0.05) is 57.0 Å². The maximum absolute atomic E-state index is 12.9. The molecule has 0 radical (unpaired) electrons. The number of thioether (sulfide) groups is 1.